The maximum Gasteiger partial charge on any atom is 0.262 e. The maximum absolute atomic E-state index is 12.2. The Labute approximate surface area is 182 Å². The van der Waals surface area contributed by atoms with Crippen molar-refractivity contribution in [3.05, 3.63) is 82.9 Å². The quantitative estimate of drug-likeness (QED) is 0.464. The molecule has 0 aliphatic heterocycles. The number of rotatable bonds is 9. The summed E-state index contributed by atoms with van der Waals surface area (Å²) in [4.78, 5) is 12.2. The summed E-state index contributed by atoms with van der Waals surface area (Å²) in [6.07, 6.45) is 0. The molecule has 5 nitrogen and oxygen atoms in total. The standard InChI is InChI=1S/C24H25ClN2O3/c1-3-29-23-13-18(15-26-20-8-5-7-19(25)14-20)10-11-22(23)30-16-24(28)27-21-9-4-6-17(2)12-21/h4-14,26H,3,15-16H2,1-2H3,(H,27,28). The van der Waals surface area contributed by atoms with Gasteiger partial charge in [-0.2, -0.15) is 0 Å². The van der Waals surface area contributed by atoms with E-state index < -0.39 is 0 Å². The Balaban J connectivity index is 1.60. The largest absolute Gasteiger partial charge is 0.490 e. The zero-order valence-corrected chi connectivity index (χ0v) is 17.8. The Morgan fingerprint density at radius 1 is 0.933 bits per heavy atom. The van der Waals surface area contributed by atoms with Crippen LogP contribution in [0.15, 0.2) is 66.7 Å². The molecule has 0 bridgehead atoms. The normalized spacial score (nSPS) is 10.4. The number of anilines is 2. The third kappa shape index (κ3) is 6.42. The fourth-order valence-electron chi connectivity index (χ4n) is 2.92. The summed E-state index contributed by atoms with van der Waals surface area (Å²) in [6, 6.07) is 20.9. The second-order valence-corrected chi connectivity index (χ2v) is 7.22. The zero-order valence-electron chi connectivity index (χ0n) is 17.1. The smallest absolute Gasteiger partial charge is 0.262 e. The van der Waals surface area contributed by atoms with Gasteiger partial charge in [-0.15, -0.1) is 0 Å². The van der Waals surface area contributed by atoms with Crippen LogP contribution < -0.4 is 20.1 Å². The van der Waals surface area contributed by atoms with Gasteiger partial charge in [0.15, 0.2) is 18.1 Å². The van der Waals surface area contributed by atoms with Gasteiger partial charge in [-0.3, -0.25) is 4.79 Å². The Morgan fingerprint density at radius 3 is 2.50 bits per heavy atom. The molecular weight excluding hydrogens is 400 g/mol. The Bertz CT molecular complexity index is 1010. The number of hydrogen-bond acceptors (Lipinski definition) is 4. The lowest BCUT2D eigenvalue weighted by Gasteiger charge is -2.14. The Morgan fingerprint density at radius 2 is 1.73 bits per heavy atom. The molecule has 3 aromatic carbocycles. The van der Waals surface area contributed by atoms with Gasteiger partial charge >= 0.3 is 0 Å². The second kappa shape index (κ2) is 10.6. The van der Waals surface area contributed by atoms with Crippen LogP contribution in [0.5, 0.6) is 11.5 Å². The first-order valence-corrected chi connectivity index (χ1v) is 10.2. The van der Waals surface area contributed by atoms with Crippen molar-refractivity contribution < 1.29 is 14.3 Å². The highest BCUT2D eigenvalue weighted by molar-refractivity contribution is 6.30. The number of ether oxygens (including phenoxy) is 2. The minimum Gasteiger partial charge on any atom is -0.490 e. The van der Waals surface area contributed by atoms with Crippen molar-refractivity contribution >= 4 is 28.9 Å². The highest BCUT2D eigenvalue weighted by Gasteiger charge is 2.10. The monoisotopic (exact) mass is 424 g/mol. The first kappa shape index (κ1) is 21.5. The molecule has 0 unspecified atom stereocenters. The Kier molecular flexibility index (Phi) is 7.57. The molecule has 0 aliphatic carbocycles. The molecule has 0 atom stereocenters. The summed E-state index contributed by atoms with van der Waals surface area (Å²) in [5.74, 6) is 0.906. The van der Waals surface area contributed by atoms with E-state index in [1.165, 1.54) is 0 Å². The van der Waals surface area contributed by atoms with E-state index in [1.807, 2.05) is 80.6 Å². The lowest BCUT2D eigenvalue weighted by atomic mass is 10.2. The number of nitrogens with one attached hydrogen (secondary N) is 2. The van der Waals surface area contributed by atoms with Crippen molar-refractivity contribution in [2.75, 3.05) is 23.8 Å². The van der Waals surface area contributed by atoms with Crippen LogP contribution in [0.4, 0.5) is 11.4 Å². The molecule has 0 aliphatic rings. The summed E-state index contributed by atoms with van der Waals surface area (Å²) >= 11 is 6.02. The molecule has 3 rings (SSSR count). The average molecular weight is 425 g/mol. The first-order chi connectivity index (χ1) is 14.5. The molecule has 0 aromatic heterocycles. The van der Waals surface area contributed by atoms with Gasteiger partial charge in [0.2, 0.25) is 0 Å². The molecule has 0 heterocycles. The third-order valence-corrected chi connectivity index (χ3v) is 4.52. The van der Waals surface area contributed by atoms with Gasteiger partial charge < -0.3 is 20.1 Å². The topological polar surface area (TPSA) is 59.6 Å². The number of benzene rings is 3. The molecule has 0 saturated carbocycles. The van der Waals surface area contributed by atoms with E-state index in [0.717, 1.165) is 22.5 Å². The SMILES string of the molecule is CCOc1cc(CNc2cccc(Cl)c2)ccc1OCC(=O)Nc1cccc(C)c1. The number of carbonyl (C=O) groups is 1. The van der Waals surface area contributed by atoms with E-state index in [2.05, 4.69) is 10.6 Å². The van der Waals surface area contributed by atoms with Crippen molar-refractivity contribution in [2.24, 2.45) is 0 Å². The van der Waals surface area contributed by atoms with Crippen LogP contribution in [0.3, 0.4) is 0 Å². The predicted octanol–water partition coefficient (Wildman–Crippen LogP) is 5.68. The maximum atomic E-state index is 12.2. The fraction of sp³-hybridized carbons (Fsp3) is 0.208. The predicted molar refractivity (Wildman–Crippen MR) is 122 cm³/mol. The highest BCUT2D eigenvalue weighted by atomic mass is 35.5. The summed E-state index contributed by atoms with van der Waals surface area (Å²) in [7, 11) is 0. The lowest BCUT2D eigenvalue weighted by molar-refractivity contribution is -0.118. The molecule has 0 spiro atoms. The molecular formula is C24H25ClN2O3. The van der Waals surface area contributed by atoms with Gasteiger partial charge in [0.25, 0.3) is 5.91 Å². The van der Waals surface area contributed by atoms with Crippen LogP contribution in [0.2, 0.25) is 5.02 Å². The van der Waals surface area contributed by atoms with Crippen molar-refractivity contribution in [1.82, 2.24) is 0 Å². The summed E-state index contributed by atoms with van der Waals surface area (Å²) in [5, 5.41) is 6.84. The minimum atomic E-state index is -0.227. The van der Waals surface area contributed by atoms with Crippen LogP contribution in [0.1, 0.15) is 18.1 Å². The number of halogens is 1. The summed E-state index contributed by atoms with van der Waals surface area (Å²) in [5.41, 5.74) is 3.79. The van der Waals surface area contributed by atoms with E-state index >= 15 is 0 Å². The second-order valence-electron chi connectivity index (χ2n) is 6.78. The van der Waals surface area contributed by atoms with Crippen LogP contribution in [0.25, 0.3) is 0 Å². The van der Waals surface area contributed by atoms with Gasteiger partial charge in [-0.25, -0.2) is 0 Å². The number of hydrogen-bond donors (Lipinski definition) is 2. The summed E-state index contributed by atoms with van der Waals surface area (Å²) in [6.45, 7) is 4.88. The third-order valence-electron chi connectivity index (χ3n) is 4.29. The number of aryl methyl sites for hydroxylation is 1. The molecule has 0 saturated heterocycles. The van der Waals surface area contributed by atoms with Crippen molar-refractivity contribution in [1.29, 1.82) is 0 Å². The molecule has 0 radical (unpaired) electrons. The summed E-state index contributed by atoms with van der Waals surface area (Å²) < 4.78 is 11.4. The van der Waals surface area contributed by atoms with Crippen molar-refractivity contribution in [3.8, 4) is 11.5 Å². The first-order valence-electron chi connectivity index (χ1n) is 9.78. The van der Waals surface area contributed by atoms with Gasteiger partial charge in [-0.1, -0.05) is 35.9 Å². The van der Waals surface area contributed by atoms with Crippen molar-refractivity contribution in [2.45, 2.75) is 20.4 Å². The van der Waals surface area contributed by atoms with Gasteiger partial charge in [0, 0.05) is 22.9 Å². The molecule has 0 fully saturated rings. The fourth-order valence-corrected chi connectivity index (χ4v) is 3.11. The van der Waals surface area contributed by atoms with E-state index in [4.69, 9.17) is 21.1 Å². The zero-order chi connectivity index (χ0) is 21.3. The highest BCUT2D eigenvalue weighted by Crippen LogP contribution is 2.29. The van der Waals surface area contributed by atoms with Crippen LogP contribution in [-0.2, 0) is 11.3 Å². The lowest BCUT2D eigenvalue weighted by Crippen LogP contribution is -2.20. The molecule has 156 valence electrons. The van der Waals surface area contributed by atoms with Crippen LogP contribution >= 0.6 is 11.6 Å². The van der Waals surface area contributed by atoms with E-state index in [0.29, 0.717) is 29.7 Å². The Hall–Kier alpha value is -3.18. The van der Waals surface area contributed by atoms with Gasteiger partial charge in [0.05, 0.1) is 6.61 Å². The average Bonchev–Trinajstić information content (AvgIpc) is 2.72. The van der Waals surface area contributed by atoms with Gasteiger partial charge in [0.1, 0.15) is 0 Å². The van der Waals surface area contributed by atoms with Crippen LogP contribution in [0, 0.1) is 6.92 Å². The van der Waals surface area contributed by atoms with Crippen LogP contribution in [-0.4, -0.2) is 19.1 Å². The minimum absolute atomic E-state index is 0.103. The van der Waals surface area contributed by atoms with E-state index in [1.54, 1.807) is 0 Å². The van der Waals surface area contributed by atoms with Gasteiger partial charge in [-0.05, 0) is 67.4 Å². The van der Waals surface area contributed by atoms with Crippen molar-refractivity contribution in [3.63, 3.8) is 0 Å². The molecule has 6 heteroatoms. The molecule has 1 amide bonds. The van der Waals surface area contributed by atoms with E-state index in [-0.39, 0.29) is 12.5 Å². The molecule has 30 heavy (non-hydrogen) atoms. The molecule has 3 aromatic rings. The number of amides is 1. The number of carbonyl (C=O) groups excluding carboxylic acids is 1. The van der Waals surface area contributed by atoms with E-state index in [9.17, 15) is 4.79 Å². The molecule has 2 N–H and O–H groups in total.